The molecule has 1 atom stereocenters. The van der Waals surface area contributed by atoms with E-state index in [-0.39, 0.29) is 24.4 Å². The van der Waals surface area contributed by atoms with Crippen LogP contribution >= 0.6 is 0 Å². The van der Waals surface area contributed by atoms with Gasteiger partial charge in [0.05, 0.1) is 12.6 Å². The Bertz CT molecular complexity index is 640. The van der Waals surface area contributed by atoms with Gasteiger partial charge in [0.25, 0.3) is 5.91 Å². The topological polar surface area (TPSA) is 49.3 Å². The lowest BCUT2D eigenvalue weighted by Crippen LogP contribution is -2.38. The second-order valence-electron chi connectivity index (χ2n) is 5.62. The zero-order valence-electron chi connectivity index (χ0n) is 12.3. The van der Waals surface area contributed by atoms with Gasteiger partial charge in [0.1, 0.15) is 5.82 Å². The van der Waals surface area contributed by atoms with Crippen molar-refractivity contribution in [3.05, 3.63) is 47.8 Å². The number of aliphatic hydroxyl groups excluding tert-OH is 1. The van der Waals surface area contributed by atoms with Gasteiger partial charge in [0.15, 0.2) is 0 Å². The summed E-state index contributed by atoms with van der Waals surface area (Å²) in [6.07, 6.45) is 0.696. The summed E-state index contributed by atoms with van der Waals surface area (Å²) >= 11 is 0. The first kappa shape index (κ1) is 15.4. The van der Waals surface area contributed by atoms with E-state index in [1.165, 1.54) is 12.1 Å². The van der Waals surface area contributed by atoms with Crippen LogP contribution in [-0.2, 0) is 0 Å². The number of nitrogens with one attached hydrogen (secondary N) is 1. The molecule has 2 rings (SSSR count). The van der Waals surface area contributed by atoms with Crippen LogP contribution in [0.15, 0.2) is 36.4 Å². The van der Waals surface area contributed by atoms with E-state index in [2.05, 4.69) is 5.32 Å². The quantitative estimate of drug-likeness (QED) is 0.888. The molecule has 0 aliphatic rings. The molecule has 112 valence electrons. The first-order valence-electron chi connectivity index (χ1n) is 7.12. The number of carbonyl (C=O) groups excluding carboxylic acids is 1. The first-order valence-corrected chi connectivity index (χ1v) is 7.12. The zero-order chi connectivity index (χ0) is 15.4. The van der Waals surface area contributed by atoms with Crippen molar-refractivity contribution in [2.75, 3.05) is 6.61 Å². The number of rotatable bonds is 5. The van der Waals surface area contributed by atoms with Gasteiger partial charge in [-0.15, -0.1) is 0 Å². The molecular weight excluding hydrogens is 269 g/mol. The Morgan fingerprint density at radius 1 is 1.19 bits per heavy atom. The van der Waals surface area contributed by atoms with E-state index < -0.39 is 0 Å². The van der Waals surface area contributed by atoms with E-state index in [1.807, 2.05) is 13.8 Å². The average Bonchev–Trinajstić information content (AvgIpc) is 2.46. The molecule has 0 aliphatic carbocycles. The monoisotopic (exact) mass is 289 g/mol. The Labute approximate surface area is 123 Å². The smallest absolute Gasteiger partial charge is 0.252 e. The van der Waals surface area contributed by atoms with Crippen molar-refractivity contribution in [3.8, 4) is 0 Å². The molecule has 0 spiro atoms. The normalized spacial score (nSPS) is 12.6. The number of benzene rings is 2. The number of hydrogen-bond donors (Lipinski definition) is 2. The summed E-state index contributed by atoms with van der Waals surface area (Å²) < 4.78 is 13.8. The first-order chi connectivity index (χ1) is 10.0. The van der Waals surface area contributed by atoms with Crippen molar-refractivity contribution in [1.82, 2.24) is 5.32 Å². The maximum Gasteiger partial charge on any atom is 0.252 e. The van der Waals surface area contributed by atoms with Crippen molar-refractivity contribution < 1.29 is 14.3 Å². The van der Waals surface area contributed by atoms with Crippen molar-refractivity contribution in [2.24, 2.45) is 5.92 Å². The van der Waals surface area contributed by atoms with Gasteiger partial charge in [-0.25, -0.2) is 4.39 Å². The molecular formula is C17H20FNO2. The Balaban J connectivity index is 2.29. The van der Waals surface area contributed by atoms with Crippen LogP contribution in [0.1, 0.15) is 30.6 Å². The second kappa shape index (κ2) is 6.68. The molecule has 2 aromatic carbocycles. The van der Waals surface area contributed by atoms with E-state index in [0.717, 1.165) is 0 Å². The highest BCUT2D eigenvalue weighted by Crippen LogP contribution is 2.22. The fraction of sp³-hybridized carbons (Fsp3) is 0.353. The summed E-state index contributed by atoms with van der Waals surface area (Å²) in [5.41, 5.74) is 0.425. The highest BCUT2D eigenvalue weighted by atomic mass is 19.1. The molecule has 0 fully saturated rings. The van der Waals surface area contributed by atoms with Gasteiger partial charge < -0.3 is 10.4 Å². The van der Waals surface area contributed by atoms with Gasteiger partial charge in [-0.05, 0) is 29.9 Å². The molecule has 0 radical (unpaired) electrons. The number of amides is 1. The van der Waals surface area contributed by atoms with Crippen LogP contribution in [0.25, 0.3) is 10.8 Å². The fourth-order valence-corrected chi connectivity index (χ4v) is 2.47. The molecule has 0 saturated carbocycles. The molecule has 0 aromatic heterocycles. The van der Waals surface area contributed by atoms with Crippen LogP contribution < -0.4 is 5.32 Å². The van der Waals surface area contributed by atoms with Crippen molar-refractivity contribution >= 4 is 16.7 Å². The molecule has 21 heavy (non-hydrogen) atoms. The Hall–Kier alpha value is -1.94. The summed E-state index contributed by atoms with van der Waals surface area (Å²) in [6, 6.07) is 9.38. The maximum absolute atomic E-state index is 13.8. The molecule has 2 N–H and O–H groups in total. The van der Waals surface area contributed by atoms with Gasteiger partial charge in [-0.3, -0.25) is 4.79 Å². The number of fused-ring (bicyclic) bond motifs is 1. The highest BCUT2D eigenvalue weighted by Gasteiger charge is 2.17. The van der Waals surface area contributed by atoms with E-state index in [1.54, 1.807) is 24.3 Å². The lowest BCUT2D eigenvalue weighted by Gasteiger charge is -2.19. The van der Waals surface area contributed by atoms with Gasteiger partial charge in [0, 0.05) is 10.9 Å². The maximum atomic E-state index is 13.8. The molecule has 2 aromatic rings. The predicted octanol–water partition coefficient (Wildman–Crippen LogP) is 3.12. The Kier molecular flexibility index (Phi) is 4.91. The van der Waals surface area contributed by atoms with Gasteiger partial charge in [0.2, 0.25) is 0 Å². The fourth-order valence-electron chi connectivity index (χ4n) is 2.47. The van der Waals surface area contributed by atoms with Crippen LogP contribution in [0.3, 0.4) is 0 Å². The summed E-state index contributed by atoms with van der Waals surface area (Å²) in [6.45, 7) is 3.95. The summed E-state index contributed by atoms with van der Waals surface area (Å²) in [7, 11) is 0. The number of hydrogen-bond acceptors (Lipinski definition) is 2. The van der Waals surface area contributed by atoms with Crippen molar-refractivity contribution in [1.29, 1.82) is 0 Å². The van der Waals surface area contributed by atoms with E-state index in [9.17, 15) is 14.3 Å². The van der Waals surface area contributed by atoms with Crippen molar-refractivity contribution in [2.45, 2.75) is 26.3 Å². The summed E-state index contributed by atoms with van der Waals surface area (Å²) in [4.78, 5) is 12.4. The standard InChI is InChI=1S/C17H20FNO2/c1-11(2)9-12(10-20)19-17(21)15-7-8-16(18)14-6-4-3-5-13(14)15/h3-8,11-12,20H,9-10H2,1-2H3,(H,19,21). The predicted molar refractivity (Wildman–Crippen MR) is 81.7 cm³/mol. The van der Waals surface area contributed by atoms with Crippen LogP contribution in [0.4, 0.5) is 4.39 Å². The molecule has 0 bridgehead atoms. The Morgan fingerprint density at radius 2 is 1.86 bits per heavy atom. The third-order valence-electron chi connectivity index (χ3n) is 3.43. The van der Waals surface area contributed by atoms with Crippen LogP contribution in [0.5, 0.6) is 0 Å². The van der Waals surface area contributed by atoms with Crippen LogP contribution in [0, 0.1) is 11.7 Å². The summed E-state index contributed by atoms with van der Waals surface area (Å²) in [5, 5.41) is 13.2. The lowest BCUT2D eigenvalue weighted by atomic mass is 10.0. The SMILES string of the molecule is CC(C)CC(CO)NC(=O)c1ccc(F)c2ccccc12. The summed E-state index contributed by atoms with van der Waals surface area (Å²) in [5.74, 6) is -0.263. The van der Waals surface area contributed by atoms with Crippen molar-refractivity contribution in [3.63, 3.8) is 0 Å². The molecule has 1 amide bonds. The van der Waals surface area contributed by atoms with E-state index >= 15 is 0 Å². The third-order valence-corrected chi connectivity index (χ3v) is 3.43. The molecule has 1 unspecified atom stereocenters. The molecule has 3 nitrogen and oxygen atoms in total. The van der Waals surface area contributed by atoms with Crippen LogP contribution in [0.2, 0.25) is 0 Å². The Morgan fingerprint density at radius 3 is 2.48 bits per heavy atom. The minimum absolute atomic E-state index is 0.108. The van der Waals surface area contributed by atoms with Gasteiger partial charge >= 0.3 is 0 Å². The number of aliphatic hydroxyl groups is 1. The third kappa shape index (κ3) is 3.58. The molecule has 0 aliphatic heterocycles. The largest absolute Gasteiger partial charge is 0.394 e. The molecule has 4 heteroatoms. The minimum atomic E-state index is -0.344. The second-order valence-corrected chi connectivity index (χ2v) is 5.62. The number of carbonyl (C=O) groups is 1. The van der Waals surface area contributed by atoms with Gasteiger partial charge in [-0.1, -0.05) is 38.1 Å². The van der Waals surface area contributed by atoms with E-state index in [0.29, 0.717) is 28.7 Å². The molecule has 0 saturated heterocycles. The zero-order valence-corrected chi connectivity index (χ0v) is 12.3. The highest BCUT2D eigenvalue weighted by molar-refractivity contribution is 6.07. The van der Waals surface area contributed by atoms with E-state index in [4.69, 9.17) is 0 Å². The average molecular weight is 289 g/mol. The lowest BCUT2D eigenvalue weighted by molar-refractivity contribution is 0.0910. The van der Waals surface area contributed by atoms with Gasteiger partial charge in [-0.2, -0.15) is 0 Å². The number of halogens is 1. The minimum Gasteiger partial charge on any atom is -0.394 e. The van der Waals surface area contributed by atoms with Crippen LogP contribution in [-0.4, -0.2) is 23.7 Å². The molecule has 0 heterocycles.